The molecule has 218 valence electrons. The summed E-state index contributed by atoms with van der Waals surface area (Å²) in [5, 5.41) is 27.8. The van der Waals surface area contributed by atoms with Gasteiger partial charge < -0.3 is 25.1 Å². The zero-order valence-corrected chi connectivity index (χ0v) is 24.1. The number of unbranched alkanes of at least 4 members (excludes halogenated alkanes) is 13. The van der Waals surface area contributed by atoms with E-state index in [0.717, 1.165) is 12.8 Å². The van der Waals surface area contributed by atoms with Crippen LogP contribution in [-0.4, -0.2) is 43.5 Å². The van der Waals surface area contributed by atoms with Gasteiger partial charge in [0.2, 0.25) is 0 Å². The Morgan fingerprint density at radius 3 is 1.74 bits per heavy atom. The lowest BCUT2D eigenvalue weighted by atomic mass is 10.0. The number of aromatic carboxylic acids is 1. The van der Waals surface area contributed by atoms with Gasteiger partial charge in [0, 0.05) is 24.0 Å². The summed E-state index contributed by atoms with van der Waals surface area (Å²) in [5.41, 5.74) is 0.747. The molecule has 0 saturated heterocycles. The van der Waals surface area contributed by atoms with Crippen molar-refractivity contribution < 1.29 is 34.5 Å². The molecule has 0 unspecified atom stereocenters. The maximum atomic E-state index is 10.7. The number of benzene rings is 2. The van der Waals surface area contributed by atoms with E-state index >= 15 is 0 Å². The van der Waals surface area contributed by atoms with E-state index in [1.807, 2.05) is 0 Å². The molecular weight excluding hydrogens is 517 g/mol. The summed E-state index contributed by atoms with van der Waals surface area (Å²) in [7, 11) is -3.75. The van der Waals surface area contributed by atoms with Crippen molar-refractivity contribution in [2.24, 2.45) is 4.99 Å². The van der Waals surface area contributed by atoms with Crippen LogP contribution in [0.3, 0.4) is 0 Å². The van der Waals surface area contributed by atoms with E-state index in [1.54, 1.807) is 18.2 Å². The van der Waals surface area contributed by atoms with Crippen molar-refractivity contribution in [1.29, 1.82) is 0 Å². The van der Waals surface area contributed by atoms with Crippen LogP contribution in [0.2, 0.25) is 0 Å². The van der Waals surface area contributed by atoms with Crippen LogP contribution in [0.15, 0.2) is 47.5 Å². The Labute approximate surface area is 233 Å². The minimum atomic E-state index is -3.75. The number of hydrogen-bond donors (Lipinski definition) is 5. The molecule has 0 spiro atoms. The smallest absolute Gasteiger partial charge is 0.339 e. The highest BCUT2D eigenvalue weighted by atomic mass is 31.2. The molecule has 0 atom stereocenters. The zero-order chi connectivity index (χ0) is 28.9. The third-order valence-corrected chi connectivity index (χ3v) is 7.20. The third-order valence-electron chi connectivity index (χ3n) is 6.30. The van der Waals surface area contributed by atoms with Gasteiger partial charge in [0.15, 0.2) is 0 Å². The fraction of sp³-hybridized carbons (Fsp3) is 0.533. The van der Waals surface area contributed by atoms with Crippen molar-refractivity contribution in [2.45, 2.75) is 96.8 Å². The Hall–Kier alpha value is -2.67. The van der Waals surface area contributed by atoms with Crippen molar-refractivity contribution in [3.63, 3.8) is 0 Å². The molecule has 0 heterocycles. The maximum absolute atomic E-state index is 10.7. The van der Waals surface area contributed by atoms with Crippen molar-refractivity contribution in [2.75, 3.05) is 6.16 Å². The Bertz CT molecular complexity index is 1040. The number of para-hydroxylation sites is 1. The minimum Gasteiger partial charge on any atom is -0.507 e. The fourth-order valence-electron chi connectivity index (χ4n) is 4.03. The first-order valence-electron chi connectivity index (χ1n) is 14.1. The van der Waals surface area contributed by atoms with E-state index in [9.17, 15) is 19.6 Å². The zero-order valence-electron chi connectivity index (χ0n) is 23.2. The SMILES string of the molecule is CCCCCCCCCCCCCCCCP(=O)(O)O.O=C(O)c1ccc(N=Cc2ccccc2O)cc1O. The molecule has 0 aromatic heterocycles. The third kappa shape index (κ3) is 17.5. The lowest BCUT2D eigenvalue weighted by molar-refractivity contribution is 0.0693. The van der Waals surface area contributed by atoms with Crippen molar-refractivity contribution in [3.05, 3.63) is 53.6 Å². The molecular formula is C30H46NO7P. The van der Waals surface area contributed by atoms with Gasteiger partial charge in [-0.15, -0.1) is 0 Å². The molecule has 39 heavy (non-hydrogen) atoms. The molecule has 2 aromatic rings. The second kappa shape index (κ2) is 20.3. The molecule has 8 nitrogen and oxygen atoms in total. The van der Waals surface area contributed by atoms with Crippen LogP contribution in [0.5, 0.6) is 11.5 Å². The highest BCUT2D eigenvalue weighted by Crippen LogP contribution is 2.35. The van der Waals surface area contributed by atoms with Crippen LogP contribution in [0.1, 0.15) is 113 Å². The summed E-state index contributed by atoms with van der Waals surface area (Å²) in [6.45, 7) is 2.26. The van der Waals surface area contributed by atoms with Crippen LogP contribution in [0.4, 0.5) is 5.69 Å². The molecule has 2 aromatic carbocycles. The second-order valence-electron chi connectivity index (χ2n) is 9.81. The van der Waals surface area contributed by atoms with Gasteiger partial charge in [0.1, 0.15) is 17.1 Å². The van der Waals surface area contributed by atoms with Crippen LogP contribution in [0, 0.1) is 0 Å². The van der Waals surface area contributed by atoms with Crippen LogP contribution in [-0.2, 0) is 4.57 Å². The number of phenols is 2. The number of phenolic OH excluding ortho intramolecular Hbond substituents is 1. The number of aliphatic imine (C=N–C) groups is 1. The summed E-state index contributed by atoms with van der Waals surface area (Å²) in [5.74, 6) is -1.45. The highest BCUT2D eigenvalue weighted by Gasteiger charge is 2.11. The average Bonchev–Trinajstić information content (AvgIpc) is 2.88. The van der Waals surface area contributed by atoms with E-state index in [1.165, 1.54) is 101 Å². The van der Waals surface area contributed by atoms with Crippen LogP contribution in [0.25, 0.3) is 0 Å². The number of carbonyl (C=O) groups is 1. The molecule has 0 saturated carbocycles. The second-order valence-corrected chi connectivity index (χ2v) is 11.6. The predicted octanol–water partition coefficient (Wildman–Crippen LogP) is 8.19. The van der Waals surface area contributed by atoms with Crippen molar-refractivity contribution in [1.82, 2.24) is 0 Å². The first-order chi connectivity index (χ1) is 18.6. The van der Waals surface area contributed by atoms with E-state index in [4.69, 9.17) is 14.9 Å². The molecule has 5 N–H and O–H groups in total. The summed E-state index contributed by atoms with van der Waals surface area (Å²) in [4.78, 5) is 32.2. The Morgan fingerprint density at radius 2 is 1.28 bits per heavy atom. The summed E-state index contributed by atoms with van der Waals surface area (Å²) in [6, 6.07) is 10.7. The molecule has 9 heteroatoms. The number of rotatable bonds is 18. The molecule has 0 bridgehead atoms. The molecule has 0 radical (unpaired) electrons. The molecule has 0 aliphatic carbocycles. The molecule has 2 rings (SSSR count). The van der Waals surface area contributed by atoms with Gasteiger partial charge >= 0.3 is 13.6 Å². The normalized spacial score (nSPS) is 11.4. The van der Waals surface area contributed by atoms with Crippen LogP contribution < -0.4 is 0 Å². The quantitative estimate of drug-likeness (QED) is 0.0697. The van der Waals surface area contributed by atoms with Gasteiger partial charge in [-0.25, -0.2) is 4.79 Å². The van der Waals surface area contributed by atoms with Gasteiger partial charge in [-0.05, 0) is 30.7 Å². The summed E-state index contributed by atoms with van der Waals surface area (Å²) < 4.78 is 10.6. The summed E-state index contributed by atoms with van der Waals surface area (Å²) >= 11 is 0. The lowest BCUT2D eigenvalue weighted by Gasteiger charge is -2.04. The largest absolute Gasteiger partial charge is 0.507 e. The minimum absolute atomic E-state index is 0.0605. The van der Waals surface area contributed by atoms with E-state index in [-0.39, 0.29) is 23.2 Å². The number of hydrogen-bond acceptors (Lipinski definition) is 5. The number of carboxylic acids is 1. The standard InChI is InChI=1S/C16H35O3P.C14H11NO4/c1-2-3-4-5-6-7-8-9-10-11-12-13-14-15-16-20(17,18)19;16-12-4-2-1-3-9(12)8-15-10-5-6-11(14(18)19)13(17)7-10/h2-16H2,1H3,(H2,17,18,19);1-8,16-17H,(H,18,19). The number of nitrogens with zero attached hydrogens (tertiary/aromatic N) is 1. The molecule has 0 amide bonds. The molecule has 0 fully saturated rings. The molecule has 0 aliphatic rings. The summed E-state index contributed by atoms with van der Waals surface area (Å²) in [6.07, 6.45) is 19.2. The van der Waals surface area contributed by atoms with E-state index < -0.39 is 13.6 Å². The van der Waals surface area contributed by atoms with Gasteiger partial charge in [-0.1, -0.05) is 103 Å². The average molecular weight is 564 g/mol. The van der Waals surface area contributed by atoms with Crippen LogP contribution >= 0.6 is 7.60 Å². The Kier molecular flexibility index (Phi) is 17.9. The lowest BCUT2D eigenvalue weighted by Crippen LogP contribution is -1.95. The Morgan fingerprint density at radius 1 is 0.769 bits per heavy atom. The van der Waals surface area contributed by atoms with Gasteiger partial charge in [0.05, 0.1) is 5.69 Å². The van der Waals surface area contributed by atoms with Gasteiger partial charge in [-0.2, -0.15) is 0 Å². The van der Waals surface area contributed by atoms with E-state index in [0.29, 0.717) is 17.7 Å². The van der Waals surface area contributed by atoms with Crippen molar-refractivity contribution >= 4 is 25.5 Å². The first kappa shape index (κ1) is 34.4. The first-order valence-corrected chi connectivity index (χ1v) is 15.9. The monoisotopic (exact) mass is 563 g/mol. The number of aromatic hydroxyl groups is 2. The highest BCUT2D eigenvalue weighted by molar-refractivity contribution is 7.51. The van der Waals surface area contributed by atoms with E-state index in [2.05, 4.69) is 11.9 Å². The predicted molar refractivity (Wildman–Crippen MR) is 158 cm³/mol. The van der Waals surface area contributed by atoms with Crippen molar-refractivity contribution in [3.8, 4) is 11.5 Å². The fourth-order valence-corrected chi connectivity index (χ4v) is 4.67. The van der Waals surface area contributed by atoms with Gasteiger partial charge in [-0.3, -0.25) is 9.56 Å². The molecule has 0 aliphatic heterocycles. The number of carboxylic acid groups (broad SMARTS) is 1. The van der Waals surface area contributed by atoms with Gasteiger partial charge in [0.25, 0.3) is 0 Å². The Balaban J connectivity index is 0.000000390. The topological polar surface area (TPSA) is 148 Å². The maximum Gasteiger partial charge on any atom is 0.339 e.